The fourth-order valence-electron chi connectivity index (χ4n) is 2.30. The van der Waals surface area contributed by atoms with Crippen LogP contribution in [-0.2, 0) is 0 Å². The Hall–Kier alpha value is -2.62. The Bertz CT molecular complexity index is 788. The number of hydrogen-bond donors (Lipinski definition) is 1. The number of anilines is 1. The van der Waals surface area contributed by atoms with Gasteiger partial charge in [0.05, 0.1) is 11.4 Å². The van der Waals surface area contributed by atoms with Crippen LogP contribution in [0.5, 0.6) is 0 Å². The van der Waals surface area contributed by atoms with E-state index in [-0.39, 0.29) is 5.82 Å². The van der Waals surface area contributed by atoms with Gasteiger partial charge in [-0.3, -0.25) is 0 Å². The lowest BCUT2D eigenvalue weighted by molar-refractivity contribution is 0.628. The zero-order valence-corrected chi connectivity index (χ0v) is 12.0. The van der Waals surface area contributed by atoms with Gasteiger partial charge >= 0.3 is 0 Å². The maximum Gasteiger partial charge on any atom is 0.127 e. The van der Waals surface area contributed by atoms with Gasteiger partial charge in [0.2, 0.25) is 0 Å². The maximum atomic E-state index is 13.0. The van der Waals surface area contributed by atoms with E-state index >= 15 is 0 Å². The number of aromatic nitrogens is 2. The molecular formula is C17H16FN3. The molecule has 106 valence electrons. The molecule has 1 heterocycles. The summed E-state index contributed by atoms with van der Waals surface area (Å²) >= 11 is 0. The fraction of sp³-hybridized carbons (Fsp3) is 0.118. The lowest BCUT2D eigenvalue weighted by Crippen LogP contribution is -2.04. The molecule has 0 saturated carbocycles. The van der Waals surface area contributed by atoms with Crippen LogP contribution in [-0.4, -0.2) is 9.78 Å². The van der Waals surface area contributed by atoms with E-state index in [4.69, 9.17) is 5.73 Å². The molecule has 1 aromatic heterocycles. The molecule has 0 aliphatic heterocycles. The molecule has 0 saturated heterocycles. The van der Waals surface area contributed by atoms with Crippen molar-refractivity contribution in [3.63, 3.8) is 0 Å². The lowest BCUT2D eigenvalue weighted by Gasteiger charge is -2.08. The van der Waals surface area contributed by atoms with Crippen LogP contribution in [0.4, 0.5) is 10.2 Å². The van der Waals surface area contributed by atoms with Crippen LogP contribution in [0.25, 0.3) is 16.9 Å². The first kappa shape index (κ1) is 13.4. The van der Waals surface area contributed by atoms with E-state index in [9.17, 15) is 4.39 Å². The van der Waals surface area contributed by atoms with Gasteiger partial charge in [-0.2, -0.15) is 5.10 Å². The molecule has 0 spiro atoms. The lowest BCUT2D eigenvalue weighted by atomic mass is 10.1. The molecule has 0 atom stereocenters. The number of benzene rings is 2. The van der Waals surface area contributed by atoms with Gasteiger partial charge in [0, 0.05) is 11.6 Å². The Morgan fingerprint density at radius 3 is 2.43 bits per heavy atom. The van der Waals surface area contributed by atoms with Crippen LogP contribution < -0.4 is 5.73 Å². The first-order chi connectivity index (χ1) is 10.0. The molecule has 0 aliphatic carbocycles. The highest BCUT2D eigenvalue weighted by Crippen LogP contribution is 2.25. The molecule has 0 aliphatic rings. The smallest absolute Gasteiger partial charge is 0.127 e. The van der Waals surface area contributed by atoms with E-state index in [2.05, 4.69) is 11.2 Å². The van der Waals surface area contributed by atoms with Gasteiger partial charge in [-0.1, -0.05) is 12.1 Å². The Labute approximate surface area is 122 Å². The minimum atomic E-state index is -0.263. The summed E-state index contributed by atoms with van der Waals surface area (Å²) in [6.45, 7) is 4.05. The molecule has 2 N–H and O–H groups in total. The first-order valence-electron chi connectivity index (χ1n) is 6.74. The van der Waals surface area contributed by atoms with Crippen LogP contribution >= 0.6 is 0 Å². The molecule has 2 aromatic carbocycles. The van der Waals surface area contributed by atoms with Crippen molar-refractivity contribution in [2.75, 3.05) is 5.73 Å². The summed E-state index contributed by atoms with van der Waals surface area (Å²) in [6.07, 6.45) is 0. The fourth-order valence-corrected chi connectivity index (χ4v) is 2.30. The van der Waals surface area contributed by atoms with Crippen molar-refractivity contribution in [1.82, 2.24) is 9.78 Å². The Balaban J connectivity index is 2.09. The van der Waals surface area contributed by atoms with Crippen molar-refractivity contribution in [3.8, 4) is 16.9 Å². The zero-order valence-electron chi connectivity index (χ0n) is 12.0. The second kappa shape index (κ2) is 5.05. The highest BCUT2D eigenvalue weighted by Gasteiger charge is 2.11. The number of aryl methyl sites for hydroxylation is 2. The van der Waals surface area contributed by atoms with E-state index in [0.29, 0.717) is 5.82 Å². The number of nitrogens with two attached hydrogens (primary N) is 1. The zero-order chi connectivity index (χ0) is 15.0. The third-order valence-electron chi connectivity index (χ3n) is 3.47. The predicted molar refractivity (Wildman–Crippen MR) is 82.8 cm³/mol. The van der Waals surface area contributed by atoms with E-state index in [1.807, 2.05) is 26.0 Å². The van der Waals surface area contributed by atoms with Crippen LogP contribution in [0.1, 0.15) is 11.1 Å². The van der Waals surface area contributed by atoms with Gasteiger partial charge < -0.3 is 5.73 Å². The third kappa shape index (κ3) is 2.52. The quantitative estimate of drug-likeness (QED) is 0.774. The monoisotopic (exact) mass is 281 g/mol. The Morgan fingerprint density at radius 1 is 1.00 bits per heavy atom. The van der Waals surface area contributed by atoms with Crippen molar-refractivity contribution in [2.45, 2.75) is 13.8 Å². The van der Waals surface area contributed by atoms with Crippen LogP contribution in [0.2, 0.25) is 0 Å². The Kier molecular flexibility index (Phi) is 3.22. The number of halogens is 1. The summed E-state index contributed by atoms with van der Waals surface area (Å²) in [5.74, 6) is 0.295. The third-order valence-corrected chi connectivity index (χ3v) is 3.47. The summed E-state index contributed by atoms with van der Waals surface area (Å²) in [5, 5.41) is 4.55. The molecule has 0 fully saturated rings. The average molecular weight is 281 g/mol. The van der Waals surface area contributed by atoms with Gasteiger partial charge in [-0.25, -0.2) is 9.07 Å². The molecule has 3 rings (SSSR count). The number of hydrogen-bond acceptors (Lipinski definition) is 2. The molecule has 3 nitrogen and oxygen atoms in total. The van der Waals surface area contributed by atoms with Crippen molar-refractivity contribution in [1.29, 1.82) is 0 Å². The van der Waals surface area contributed by atoms with E-state index in [1.54, 1.807) is 22.9 Å². The largest absolute Gasteiger partial charge is 0.384 e. The van der Waals surface area contributed by atoms with Crippen LogP contribution in [0.15, 0.2) is 48.5 Å². The van der Waals surface area contributed by atoms with Gasteiger partial charge in [0.1, 0.15) is 11.6 Å². The highest BCUT2D eigenvalue weighted by atomic mass is 19.1. The predicted octanol–water partition coefficient (Wildman–Crippen LogP) is 3.88. The first-order valence-corrected chi connectivity index (χ1v) is 6.74. The number of rotatable bonds is 2. The molecule has 21 heavy (non-hydrogen) atoms. The van der Waals surface area contributed by atoms with Gasteiger partial charge in [-0.15, -0.1) is 0 Å². The normalized spacial score (nSPS) is 10.8. The second-order valence-corrected chi connectivity index (χ2v) is 5.16. The van der Waals surface area contributed by atoms with Gasteiger partial charge in [0.25, 0.3) is 0 Å². The van der Waals surface area contributed by atoms with Crippen LogP contribution in [0.3, 0.4) is 0 Å². The standard InChI is InChI=1S/C17H16FN3/c1-11-3-4-12(2)16(9-11)21-17(19)10-15(20-21)13-5-7-14(18)8-6-13/h3-10H,19H2,1-2H3. The topological polar surface area (TPSA) is 43.8 Å². The molecule has 0 amide bonds. The molecule has 0 unspecified atom stereocenters. The summed E-state index contributed by atoms with van der Waals surface area (Å²) in [7, 11) is 0. The highest BCUT2D eigenvalue weighted by molar-refractivity contribution is 5.64. The van der Waals surface area contributed by atoms with Gasteiger partial charge in [-0.05, 0) is 55.3 Å². The van der Waals surface area contributed by atoms with Crippen molar-refractivity contribution in [2.24, 2.45) is 0 Å². The SMILES string of the molecule is Cc1ccc(C)c(-n2nc(-c3ccc(F)cc3)cc2N)c1. The second-order valence-electron chi connectivity index (χ2n) is 5.16. The summed E-state index contributed by atoms with van der Waals surface area (Å²) in [5.41, 5.74) is 10.9. The van der Waals surface area contributed by atoms with E-state index in [0.717, 1.165) is 28.1 Å². The molecule has 3 aromatic rings. The minimum Gasteiger partial charge on any atom is -0.384 e. The van der Waals surface area contributed by atoms with Crippen molar-refractivity contribution >= 4 is 5.82 Å². The van der Waals surface area contributed by atoms with E-state index < -0.39 is 0 Å². The molecule has 0 radical (unpaired) electrons. The summed E-state index contributed by atoms with van der Waals surface area (Å²) < 4.78 is 14.7. The minimum absolute atomic E-state index is 0.263. The Morgan fingerprint density at radius 2 is 1.71 bits per heavy atom. The molecule has 4 heteroatoms. The maximum absolute atomic E-state index is 13.0. The summed E-state index contributed by atoms with van der Waals surface area (Å²) in [4.78, 5) is 0. The number of nitrogen functional groups attached to an aromatic ring is 1. The van der Waals surface area contributed by atoms with Crippen LogP contribution in [0, 0.1) is 19.7 Å². The van der Waals surface area contributed by atoms with E-state index in [1.165, 1.54) is 12.1 Å². The molecule has 0 bridgehead atoms. The summed E-state index contributed by atoms with van der Waals surface area (Å²) in [6, 6.07) is 14.2. The van der Waals surface area contributed by atoms with Crippen molar-refractivity contribution < 1.29 is 4.39 Å². The average Bonchev–Trinajstić information content (AvgIpc) is 2.84. The molecular weight excluding hydrogens is 265 g/mol. The number of nitrogens with zero attached hydrogens (tertiary/aromatic N) is 2. The van der Waals surface area contributed by atoms with Crippen molar-refractivity contribution in [3.05, 3.63) is 65.5 Å². The van der Waals surface area contributed by atoms with Gasteiger partial charge in [0.15, 0.2) is 0 Å².